The van der Waals surface area contributed by atoms with Crippen LogP contribution in [0.25, 0.3) is 0 Å². The van der Waals surface area contributed by atoms with E-state index in [2.05, 4.69) is 15.5 Å². The van der Waals surface area contributed by atoms with Gasteiger partial charge >= 0.3 is 0 Å². The van der Waals surface area contributed by atoms with Crippen LogP contribution < -0.4 is 14.8 Å². The van der Waals surface area contributed by atoms with Gasteiger partial charge in [0.15, 0.2) is 16.4 Å². The maximum absolute atomic E-state index is 13.4. The summed E-state index contributed by atoms with van der Waals surface area (Å²) in [5.41, 5.74) is 1.12. The molecule has 0 radical (unpaired) electrons. The van der Waals surface area contributed by atoms with Gasteiger partial charge < -0.3 is 19.3 Å². The van der Waals surface area contributed by atoms with Crippen molar-refractivity contribution in [1.82, 2.24) is 10.2 Å². The molecule has 3 rings (SSSR count). The van der Waals surface area contributed by atoms with E-state index in [4.69, 9.17) is 9.47 Å². The molecule has 1 atom stereocenters. The highest BCUT2D eigenvalue weighted by molar-refractivity contribution is 7.90. The summed E-state index contributed by atoms with van der Waals surface area (Å²) < 4.78 is 35.9. The Morgan fingerprint density at radius 2 is 1.93 bits per heavy atom. The standard InChI is InChI=1S/C20H18FN3O4S/c1-12-9-16(19(25)22-14-5-4-6-15(11-14)29(3)26)20(24-23-12)28-17-8-7-13(21)10-18(17)27-2/h4-11H,1-3H3,(H,22,25). The number of ether oxygens (including phenoxy) is 2. The monoisotopic (exact) mass is 415 g/mol. The summed E-state index contributed by atoms with van der Waals surface area (Å²) in [7, 11) is 1.38. The van der Waals surface area contributed by atoms with Gasteiger partial charge in [0.1, 0.15) is 17.6 Å². The molecule has 0 saturated carbocycles. The number of hydrogen-bond donors (Lipinski definition) is 1. The summed E-state index contributed by atoms with van der Waals surface area (Å²) in [5, 5.41) is 10.6. The van der Waals surface area contributed by atoms with Crippen molar-refractivity contribution in [2.24, 2.45) is 0 Å². The molecule has 0 saturated heterocycles. The maximum Gasteiger partial charge on any atom is 0.261 e. The molecule has 1 N–H and O–H groups in total. The van der Waals surface area contributed by atoms with Gasteiger partial charge in [-0.05, 0) is 48.4 Å². The molecule has 150 valence electrons. The van der Waals surface area contributed by atoms with E-state index >= 15 is 0 Å². The highest BCUT2D eigenvalue weighted by Crippen LogP contribution is 2.32. The number of anilines is 1. The van der Waals surface area contributed by atoms with Crippen LogP contribution in [0.2, 0.25) is 0 Å². The zero-order valence-electron chi connectivity index (χ0n) is 15.9. The van der Waals surface area contributed by atoms with E-state index in [-0.39, 0.29) is 22.9 Å². The third kappa shape index (κ3) is 5.01. The summed E-state index contributed by atoms with van der Waals surface area (Å²) >= 11 is -1.18. The zero-order chi connectivity index (χ0) is 21.0. The average molecular weight is 415 g/mol. The molecule has 0 aliphatic carbocycles. The number of aromatic nitrogens is 2. The molecular weight excluding hydrogens is 397 g/mol. The highest BCUT2D eigenvalue weighted by Gasteiger charge is 2.19. The van der Waals surface area contributed by atoms with Crippen LogP contribution in [0.5, 0.6) is 17.4 Å². The third-order valence-corrected chi connectivity index (χ3v) is 4.80. The van der Waals surface area contributed by atoms with Gasteiger partial charge in [-0.3, -0.25) is 4.79 Å². The quantitative estimate of drug-likeness (QED) is 0.617. The number of amides is 1. The van der Waals surface area contributed by atoms with E-state index in [1.54, 1.807) is 37.4 Å². The molecule has 0 aliphatic heterocycles. The Bertz CT molecular complexity index is 1050. The molecule has 1 amide bonds. The fraction of sp³-hybridized carbons (Fsp3) is 0.150. The highest BCUT2D eigenvalue weighted by atomic mass is 32.2. The molecule has 0 bridgehead atoms. The first-order chi connectivity index (χ1) is 13.9. The van der Waals surface area contributed by atoms with E-state index < -0.39 is 22.9 Å². The third-order valence-electron chi connectivity index (χ3n) is 3.88. The molecule has 1 aromatic heterocycles. The number of aryl methyl sites for hydroxylation is 1. The zero-order valence-corrected chi connectivity index (χ0v) is 16.7. The summed E-state index contributed by atoms with van der Waals surface area (Å²) in [6.07, 6.45) is 1.55. The number of nitrogens with zero attached hydrogens (tertiary/aromatic N) is 2. The normalized spacial score (nSPS) is 11.6. The fourth-order valence-corrected chi connectivity index (χ4v) is 3.06. The molecule has 2 aromatic carbocycles. The first-order valence-corrected chi connectivity index (χ1v) is 10.0. The number of benzene rings is 2. The first-order valence-electron chi connectivity index (χ1n) is 8.48. The number of halogens is 1. The Kier molecular flexibility index (Phi) is 6.30. The van der Waals surface area contributed by atoms with Gasteiger partial charge in [0.2, 0.25) is 0 Å². The van der Waals surface area contributed by atoms with E-state index in [9.17, 15) is 13.7 Å². The molecular formula is C20H18FN3O4S. The molecule has 0 aliphatic rings. The first kappa shape index (κ1) is 20.6. The lowest BCUT2D eigenvalue weighted by molar-refractivity contribution is 0.102. The number of methoxy groups -OCH3 is 1. The van der Waals surface area contributed by atoms with Crippen LogP contribution in [0.3, 0.4) is 0 Å². The lowest BCUT2D eigenvalue weighted by Gasteiger charge is -2.13. The molecule has 0 fully saturated rings. The molecule has 29 heavy (non-hydrogen) atoms. The van der Waals surface area contributed by atoms with Crippen molar-refractivity contribution in [1.29, 1.82) is 0 Å². The van der Waals surface area contributed by atoms with Gasteiger partial charge in [0.25, 0.3) is 11.8 Å². The number of rotatable bonds is 6. The predicted octanol–water partition coefficient (Wildman–Crippen LogP) is 3.71. The van der Waals surface area contributed by atoms with Crippen LogP contribution >= 0.6 is 0 Å². The van der Waals surface area contributed by atoms with Crippen molar-refractivity contribution in [2.75, 3.05) is 18.7 Å². The summed E-state index contributed by atoms with van der Waals surface area (Å²) in [4.78, 5) is 13.4. The molecule has 1 heterocycles. The molecule has 9 heteroatoms. The lowest BCUT2D eigenvalue weighted by atomic mass is 10.2. The van der Waals surface area contributed by atoms with Crippen LogP contribution in [0, 0.1) is 12.7 Å². The van der Waals surface area contributed by atoms with Crippen molar-refractivity contribution in [3.05, 3.63) is 65.6 Å². The summed E-state index contributed by atoms with van der Waals surface area (Å²) in [5.74, 6) is -0.706. The van der Waals surface area contributed by atoms with Crippen LogP contribution in [0.4, 0.5) is 10.1 Å². The SMILES string of the molecule is COc1cc(F)ccc1Oc1nnc(C)cc1C(=O)Nc1cccc([S+](C)[O-])c1. The second-order valence-corrected chi connectivity index (χ2v) is 7.42. The second kappa shape index (κ2) is 8.89. The van der Waals surface area contributed by atoms with Gasteiger partial charge in [0, 0.05) is 17.8 Å². The number of nitrogens with one attached hydrogen (secondary N) is 1. The minimum atomic E-state index is -1.18. The summed E-state index contributed by atoms with van der Waals surface area (Å²) in [6, 6.07) is 12.0. The Balaban J connectivity index is 1.91. The molecule has 0 spiro atoms. The maximum atomic E-state index is 13.4. The Morgan fingerprint density at radius 1 is 1.14 bits per heavy atom. The van der Waals surface area contributed by atoms with Crippen molar-refractivity contribution >= 4 is 22.8 Å². The van der Waals surface area contributed by atoms with E-state index in [0.29, 0.717) is 16.3 Å². The van der Waals surface area contributed by atoms with Crippen molar-refractivity contribution in [3.8, 4) is 17.4 Å². The van der Waals surface area contributed by atoms with Crippen LogP contribution in [0.15, 0.2) is 53.4 Å². The topological polar surface area (TPSA) is 96.4 Å². The smallest absolute Gasteiger partial charge is 0.261 e. The number of hydrogen-bond acceptors (Lipinski definition) is 6. The van der Waals surface area contributed by atoms with Crippen LogP contribution in [-0.4, -0.2) is 34.0 Å². The number of carbonyl (C=O) groups is 1. The molecule has 3 aromatic rings. The average Bonchev–Trinajstić information content (AvgIpc) is 2.70. The van der Waals surface area contributed by atoms with Gasteiger partial charge in [-0.1, -0.05) is 6.07 Å². The Morgan fingerprint density at radius 3 is 2.66 bits per heavy atom. The Hall–Kier alpha value is -3.17. The molecule has 7 nitrogen and oxygen atoms in total. The largest absolute Gasteiger partial charge is 0.612 e. The Labute approximate surface area is 170 Å². The van der Waals surface area contributed by atoms with Crippen molar-refractivity contribution in [2.45, 2.75) is 11.8 Å². The van der Waals surface area contributed by atoms with Crippen LogP contribution in [-0.2, 0) is 11.2 Å². The van der Waals surface area contributed by atoms with Gasteiger partial charge in [0.05, 0.1) is 12.8 Å². The predicted molar refractivity (Wildman–Crippen MR) is 107 cm³/mol. The second-order valence-electron chi connectivity index (χ2n) is 6.04. The lowest BCUT2D eigenvalue weighted by Crippen LogP contribution is -2.15. The number of carbonyl (C=O) groups excluding carboxylic acids is 1. The van der Waals surface area contributed by atoms with E-state index in [1.165, 1.54) is 25.3 Å². The van der Waals surface area contributed by atoms with Crippen molar-refractivity contribution < 1.29 is 23.2 Å². The van der Waals surface area contributed by atoms with Gasteiger partial charge in [-0.2, -0.15) is 5.10 Å². The van der Waals surface area contributed by atoms with Gasteiger partial charge in [-0.25, -0.2) is 4.39 Å². The molecule has 1 unspecified atom stereocenters. The minimum Gasteiger partial charge on any atom is -0.612 e. The fourth-order valence-electron chi connectivity index (χ4n) is 2.50. The van der Waals surface area contributed by atoms with E-state index in [1.807, 2.05) is 0 Å². The summed E-state index contributed by atoms with van der Waals surface area (Å²) in [6.45, 7) is 1.69. The minimum absolute atomic E-state index is 0.0618. The van der Waals surface area contributed by atoms with Crippen molar-refractivity contribution in [3.63, 3.8) is 0 Å². The van der Waals surface area contributed by atoms with Gasteiger partial charge in [-0.15, -0.1) is 5.10 Å². The van der Waals surface area contributed by atoms with Crippen LogP contribution in [0.1, 0.15) is 16.1 Å². The van der Waals surface area contributed by atoms with E-state index in [0.717, 1.165) is 6.07 Å².